The molecule has 0 saturated carbocycles. The van der Waals surface area contributed by atoms with Gasteiger partial charge in [0.2, 0.25) is 5.67 Å². The van der Waals surface area contributed by atoms with E-state index in [9.17, 15) is 14.0 Å². The molecule has 0 radical (unpaired) electrons. The largest absolute Gasteiger partial charge is 0.479 e. The van der Waals surface area contributed by atoms with Crippen molar-refractivity contribution < 1.29 is 23.8 Å². The second kappa shape index (κ2) is 6.11. The molecular formula is C15H18FNO4. The molecule has 1 N–H and O–H groups in total. The quantitative estimate of drug-likeness (QED) is 0.926. The van der Waals surface area contributed by atoms with Gasteiger partial charge in [-0.15, -0.1) is 0 Å². The molecule has 0 spiro atoms. The van der Waals surface area contributed by atoms with Crippen molar-refractivity contribution in [3.8, 4) is 0 Å². The molecule has 1 heterocycles. The molecule has 6 heteroatoms. The van der Waals surface area contributed by atoms with Gasteiger partial charge in [-0.05, 0) is 12.0 Å². The fraction of sp³-hybridized carbons (Fsp3) is 0.467. The molecular weight excluding hydrogens is 277 g/mol. The van der Waals surface area contributed by atoms with E-state index in [0.29, 0.717) is 6.42 Å². The molecule has 1 aliphatic heterocycles. The highest BCUT2D eigenvalue weighted by molar-refractivity contribution is 5.80. The van der Waals surface area contributed by atoms with Crippen LogP contribution in [0.2, 0.25) is 0 Å². The molecule has 1 fully saturated rings. The van der Waals surface area contributed by atoms with E-state index in [1.165, 1.54) is 0 Å². The van der Waals surface area contributed by atoms with Crippen LogP contribution in [0.4, 0.5) is 9.18 Å². The third-order valence-corrected chi connectivity index (χ3v) is 3.82. The summed E-state index contributed by atoms with van der Waals surface area (Å²) in [7, 11) is 0. The maximum Gasteiger partial charge on any atom is 0.410 e. The van der Waals surface area contributed by atoms with E-state index in [2.05, 4.69) is 0 Å². The van der Waals surface area contributed by atoms with Crippen LogP contribution in [0, 0.1) is 5.92 Å². The van der Waals surface area contributed by atoms with Gasteiger partial charge in [-0.1, -0.05) is 37.3 Å². The number of carbonyl (C=O) groups excluding carboxylic acids is 1. The van der Waals surface area contributed by atoms with Crippen LogP contribution in [-0.2, 0) is 16.1 Å². The van der Waals surface area contributed by atoms with Crippen molar-refractivity contribution >= 4 is 12.1 Å². The minimum absolute atomic E-state index is 0.0624. The van der Waals surface area contributed by atoms with Crippen molar-refractivity contribution in [3.05, 3.63) is 35.9 Å². The summed E-state index contributed by atoms with van der Waals surface area (Å²) in [5.74, 6) is -2.23. The number of likely N-dealkylation sites (tertiary alicyclic amines) is 1. The predicted octanol–water partition coefficient (Wildman–Crippen LogP) is 2.46. The fourth-order valence-electron chi connectivity index (χ4n) is 2.53. The van der Waals surface area contributed by atoms with Gasteiger partial charge in [-0.25, -0.2) is 14.0 Å². The van der Waals surface area contributed by atoms with E-state index in [1.54, 1.807) is 6.92 Å². The van der Waals surface area contributed by atoms with E-state index in [4.69, 9.17) is 9.84 Å². The summed E-state index contributed by atoms with van der Waals surface area (Å²) in [5.41, 5.74) is -1.57. The number of nitrogens with zero attached hydrogens (tertiary/aromatic N) is 1. The van der Waals surface area contributed by atoms with Gasteiger partial charge in [0, 0.05) is 12.5 Å². The van der Waals surface area contributed by atoms with Crippen LogP contribution in [0.1, 0.15) is 18.9 Å². The molecule has 2 atom stereocenters. The van der Waals surface area contributed by atoms with E-state index >= 15 is 0 Å². The maximum absolute atomic E-state index is 14.4. The zero-order chi connectivity index (χ0) is 15.5. The lowest BCUT2D eigenvalue weighted by Gasteiger charge is -2.19. The van der Waals surface area contributed by atoms with Crippen LogP contribution >= 0.6 is 0 Å². The smallest absolute Gasteiger partial charge is 0.410 e. The minimum Gasteiger partial charge on any atom is -0.479 e. The Bertz CT molecular complexity index is 522. The third-order valence-electron chi connectivity index (χ3n) is 3.82. The molecule has 0 aliphatic carbocycles. The molecule has 21 heavy (non-hydrogen) atoms. The van der Waals surface area contributed by atoms with Crippen molar-refractivity contribution in [1.82, 2.24) is 4.90 Å². The molecule has 1 aromatic rings. The van der Waals surface area contributed by atoms with Crippen molar-refractivity contribution in [3.63, 3.8) is 0 Å². The molecule has 1 aliphatic rings. The lowest BCUT2D eigenvalue weighted by Crippen LogP contribution is -2.42. The summed E-state index contributed by atoms with van der Waals surface area (Å²) in [4.78, 5) is 24.2. The van der Waals surface area contributed by atoms with Crippen molar-refractivity contribution in [2.45, 2.75) is 25.6 Å². The van der Waals surface area contributed by atoms with Crippen molar-refractivity contribution in [2.24, 2.45) is 5.92 Å². The van der Waals surface area contributed by atoms with Crippen LogP contribution in [-0.4, -0.2) is 40.8 Å². The van der Waals surface area contributed by atoms with Crippen LogP contribution in [0.3, 0.4) is 0 Å². The van der Waals surface area contributed by atoms with E-state index in [1.807, 2.05) is 30.3 Å². The average Bonchev–Trinajstić information content (AvgIpc) is 2.84. The molecule has 1 amide bonds. The number of carboxylic acid groups (broad SMARTS) is 1. The van der Waals surface area contributed by atoms with Gasteiger partial charge in [0.15, 0.2) is 0 Å². The molecule has 2 rings (SSSR count). The molecule has 5 nitrogen and oxygen atoms in total. The van der Waals surface area contributed by atoms with Gasteiger partial charge in [0.05, 0.1) is 6.54 Å². The van der Waals surface area contributed by atoms with Crippen LogP contribution < -0.4 is 0 Å². The average molecular weight is 295 g/mol. The van der Waals surface area contributed by atoms with Crippen molar-refractivity contribution in [1.29, 1.82) is 0 Å². The summed E-state index contributed by atoms with van der Waals surface area (Å²) in [6.07, 6.45) is -0.330. The molecule has 1 saturated heterocycles. The zero-order valence-corrected chi connectivity index (χ0v) is 11.8. The standard InChI is InChI=1S/C15H18FNO4/c1-2-12-8-17(10-15(12,16)13(18)19)14(20)21-9-11-6-4-3-5-7-11/h3-7,12H,2,8-10H2,1H3,(H,18,19)/t12-,15+/m1/s1. The predicted molar refractivity (Wildman–Crippen MR) is 73.5 cm³/mol. The van der Waals surface area contributed by atoms with E-state index in [-0.39, 0.29) is 13.2 Å². The Labute approximate surface area is 122 Å². The first kappa shape index (κ1) is 15.3. The summed E-state index contributed by atoms with van der Waals surface area (Å²) in [5, 5.41) is 9.03. The van der Waals surface area contributed by atoms with Crippen LogP contribution in [0.5, 0.6) is 0 Å². The fourth-order valence-corrected chi connectivity index (χ4v) is 2.53. The SMILES string of the molecule is CC[C@@H]1CN(C(=O)OCc2ccccc2)C[C@@]1(F)C(=O)O. The number of alkyl halides is 1. The summed E-state index contributed by atoms with van der Waals surface area (Å²) in [6, 6.07) is 9.11. The highest BCUT2D eigenvalue weighted by atomic mass is 19.1. The Balaban J connectivity index is 1.96. The number of carboxylic acids is 1. The molecule has 0 aromatic heterocycles. The maximum atomic E-state index is 14.4. The number of hydrogen-bond donors (Lipinski definition) is 1. The van der Waals surface area contributed by atoms with Crippen LogP contribution in [0.25, 0.3) is 0 Å². The van der Waals surface area contributed by atoms with Crippen molar-refractivity contribution in [2.75, 3.05) is 13.1 Å². The van der Waals surface area contributed by atoms with Gasteiger partial charge in [0.25, 0.3) is 0 Å². The first-order chi connectivity index (χ1) is 9.97. The van der Waals surface area contributed by atoms with Gasteiger partial charge in [-0.3, -0.25) is 0 Å². The summed E-state index contributed by atoms with van der Waals surface area (Å²) >= 11 is 0. The molecule has 114 valence electrons. The number of aliphatic carboxylic acids is 1. The Morgan fingerprint density at radius 3 is 2.62 bits per heavy atom. The normalized spacial score (nSPS) is 24.9. The van der Waals surface area contributed by atoms with Gasteiger partial charge < -0.3 is 14.7 Å². The molecule has 0 bridgehead atoms. The number of rotatable bonds is 4. The summed E-state index contributed by atoms with van der Waals surface area (Å²) in [6.45, 7) is 1.39. The number of carbonyl (C=O) groups is 2. The second-order valence-corrected chi connectivity index (χ2v) is 5.19. The number of benzene rings is 1. The number of ether oxygens (including phenoxy) is 1. The first-order valence-electron chi connectivity index (χ1n) is 6.85. The Kier molecular flexibility index (Phi) is 4.45. The summed E-state index contributed by atoms with van der Waals surface area (Å²) < 4.78 is 19.5. The Hall–Kier alpha value is -2.11. The minimum atomic E-state index is -2.39. The Morgan fingerprint density at radius 1 is 1.43 bits per heavy atom. The van der Waals surface area contributed by atoms with Gasteiger partial charge >= 0.3 is 12.1 Å². The molecule has 1 aromatic carbocycles. The number of hydrogen-bond acceptors (Lipinski definition) is 3. The highest BCUT2D eigenvalue weighted by Gasteiger charge is 2.54. The first-order valence-corrected chi connectivity index (χ1v) is 6.85. The lowest BCUT2D eigenvalue weighted by molar-refractivity contribution is -0.152. The number of amides is 1. The van der Waals surface area contributed by atoms with Gasteiger partial charge in [-0.2, -0.15) is 0 Å². The van der Waals surface area contributed by atoms with Crippen LogP contribution in [0.15, 0.2) is 30.3 Å². The lowest BCUT2D eigenvalue weighted by atomic mass is 9.91. The third kappa shape index (κ3) is 3.15. The van der Waals surface area contributed by atoms with E-state index < -0.39 is 30.2 Å². The monoisotopic (exact) mass is 295 g/mol. The Morgan fingerprint density at radius 2 is 2.10 bits per heavy atom. The van der Waals surface area contributed by atoms with Gasteiger partial charge in [0.1, 0.15) is 6.61 Å². The highest BCUT2D eigenvalue weighted by Crippen LogP contribution is 2.34. The van der Waals surface area contributed by atoms with E-state index in [0.717, 1.165) is 10.5 Å². The second-order valence-electron chi connectivity index (χ2n) is 5.19. The molecule has 0 unspecified atom stereocenters. The topological polar surface area (TPSA) is 66.8 Å². The number of halogens is 1. The zero-order valence-electron chi connectivity index (χ0n) is 11.8.